The van der Waals surface area contributed by atoms with Crippen LogP contribution >= 0.6 is 27.7 Å². The molecule has 9 heteroatoms. The number of aliphatic imine (C=N–C) groups is 1. The fourth-order valence-corrected chi connectivity index (χ4v) is 1.71. The molecular formula is C9H6BrFN4O2S. The highest BCUT2D eigenvalue weighted by Crippen LogP contribution is 2.33. The van der Waals surface area contributed by atoms with Crippen molar-refractivity contribution < 1.29 is 9.31 Å². The predicted molar refractivity (Wildman–Crippen MR) is 70.1 cm³/mol. The van der Waals surface area contributed by atoms with Gasteiger partial charge in [-0.25, -0.2) is 9.38 Å². The Bertz CT molecular complexity index is 558. The fourth-order valence-electron chi connectivity index (χ4n) is 1.04. The highest BCUT2D eigenvalue weighted by Gasteiger charge is 2.17. The third-order valence-electron chi connectivity index (χ3n) is 1.79. The van der Waals surface area contributed by atoms with E-state index in [9.17, 15) is 14.5 Å². The van der Waals surface area contributed by atoms with Crippen molar-refractivity contribution in [2.24, 2.45) is 4.99 Å². The quantitative estimate of drug-likeness (QED) is 0.224. The number of nitro groups is 1. The van der Waals surface area contributed by atoms with Gasteiger partial charge in [-0.3, -0.25) is 15.4 Å². The molecule has 1 aromatic rings. The number of hydrogen-bond donors (Lipinski definition) is 1. The SMILES string of the molecule is CSC(=Nc1cc(Br)c(F)cc1[N+](=O)[O-])NC#N. The van der Waals surface area contributed by atoms with E-state index in [1.165, 1.54) is 6.07 Å². The Balaban J connectivity index is 3.35. The molecule has 18 heavy (non-hydrogen) atoms. The summed E-state index contributed by atoms with van der Waals surface area (Å²) in [5.41, 5.74) is -0.512. The molecule has 0 aromatic heterocycles. The normalized spacial score (nSPS) is 10.9. The van der Waals surface area contributed by atoms with E-state index >= 15 is 0 Å². The van der Waals surface area contributed by atoms with Gasteiger partial charge in [0.15, 0.2) is 11.4 Å². The second kappa shape index (κ2) is 6.32. The first-order valence-corrected chi connectivity index (χ1v) is 6.42. The number of halogens is 2. The van der Waals surface area contributed by atoms with Gasteiger partial charge in [0, 0.05) is 0 Å². The zero-order chi connectivity index (χ0) is 13.7. The minimum absolute atomic E-state index is 0.0413. The van der Waals surface area contributed by atoms with Crippen molar-refractivity contribution in [3.63, 3.8) is 0 Å². The molecule has 0 amide bonds. The fraction of sp³-hybridized carbons (Fsp3) is 0.111. The number of amidine groups is 1. The maximum atomic E-state index is 13.2. The number of nitrogens with one attached hydrogen (secondary N) is 1. The van der Waals surface area contributed by atoms with E-state index in [2.05, 4.69) is 26.2 Å². The van der Waals surface area contributed by atoms with Gasteiger partial charge in [-0.15, -0.1) is 0 Å². The third-order valence-corrected chi connectivity index (χ3v) is 2.98. The van der Waals surface area contributed by atoms with Gasteiger partial charge in [0.25, 0.3) is 5.69 Å². The second-order valence-corrected chi connectivity index (χ2v) is 4.52. The first-order valence-electron chi connectivity index (χ1n) is 4.40. The zero-order valence-electron chi connectivity index (χ0n) is 8.98. The van der Waals surface area contributed by atoms with Crippen LogP contribution in [0.2, 0.25) is 0 Å². The van der Waals surface area contributed by atoms with E-state index in [0.717, 1.165) is 17.8 Å². The minimum Gasteiger partial charge on any atom is -0.271 e. The third kappa shape index (κ3) is 3.41. The van der Waals surface area contributed by atoms with Crippen molar-refractivity contribution in [3.8, 4) is 6.19 Å². The van der Waals surface area contributed by atoms with E-state index < -0.39 is 16.4 Å². The van der Waals surface area contributed by atoms with Crippen molar-refractivity contribution in [1.82, 2.24) is 5.32 Å². The largest absolute Gasteiger partial charge is 0.297 e. The Morgan fingerprint density at radius 2 is 2.39 bits per heavy atom. The molecule has 94 valence electrons. The van der Waals surface area contributed by atoms with E-state index in [4.69, 9.17) is 5.26 Å². The van der Waals surface area contributed by atoms with E-state index in [0.29, 0.717) is 0 Å². The molecule has 0 fully saturated rings. The molecule has 1 aromatic carbocycles. The lowest BCUT2D eigenvalue weighted by Gasteiger charge is -2.02. The van der Waals surface area contributed by atoms with Crippen LogP contribution in [0, 0.1) is 27.4 Å². The molecule has 0 aliphatic carbocycles. The van der Waals surface area contributed by atoms with Crippen LogP contribution in [0.1, 0.15) is 0 Å². The minimum atomic E-state index is -0.750. The van der Waals surface area contributed by atoms with Gasteiger partial charge in [-0.2, -0.15) is 5.26 Å². The lowest BCUT2D eigenvalue weighted by Crippen LogP contribution is -2.12. The standard InChI is InChI=1S/C9H6BrFN4O2S/c1-18-9(13-4-12)14-7-2-5(10)6(11)3-8(7)15(16)17/h2-3H,1H3,(H,13,14). The first-order chi connectivity index (χ1) is 8.49. The number of rotatable bonds is 2. The summed E-state index contributed by atoms with van der Waals surface area (Å²) in [6, 6.07) is 1.95. The van der Waals surface area contributed by atoms with Gasteiger partial charge in [0.1, 0.15) is 11.5 Å². The molecule has 0 heterocycles. The lowest BCUT2D eigenvalue weighted by molar-refractivity contribution is -0.384. The Morgan fingerprint density at radius 3 is 2.89 bits per heavy atom. The van der Waals surface area contributed by atoms with Crippen molar-refractivity contribution in [2.45, 2.75) is 0 Å². The molecule has 0 spiro atoms. The highest BCUT2D eigenvalue weighted by atomic mass is 79.9. The molecule has 0 saturated heterocycles. The zero-order valence-corrected chi connectivity index (χ0v) is 11.4. The second-order valence-electron chi connectivity index (χ2n) is 2.87. The Kier molecular flexibility index (Phi) is 5.06. The summed E-state index contributed by atoms with van der Waals surface area (Å²) < 4.78 is 13.3. The van der Waals surface area contributed by atoms with Crippen LogP contribution in [-0.2, 0) is 0 Å². The van der Waals surface area contributed by atoms with Crippen LogP contribution in [0.25, 0.3) is 0 Å². The Labute approximate surface area is 114 Å². The number of nitriles is 1. The number of nitrogens with zero attached hydrogens (tertiary/aromatic N) is 3. The van der Waals surface area contributed by atoms with Crippen LogP contribution in [-0.4, -0.2) is 16.3 Å². The van der Waals surface area contributed by atoms with Crippen LogP contribution in [0.15, 0.2) is 21.6 Å². The van der Waals surface area contributed by atoms with Crippen LogP contribution in [0.4, 0.5) is 15.8 Å². The molecule has 0 unspecified atom stereocenters. The molecule has 0 aliphatic heterocycles. The topological polar surface area (TPSA) is 91.3 Å². The van der Waals surface area contributed by atoms with Crippen molar-refractivity contribution >= 4 is 44.2 Å². The average molecular weight is 333 g/mol. The highest BCUT2D eigenvalue weighted by molar-refractivity contribution is 9.10. The summed E-state index contributed by atoms with van der Waals surface area (Å²) in [5.74, 6) is -0.750. The van der Waals surface area contributed by atoms with E-state index in [1.54, 1.807) is 12.4 Å². The van der Waals surface area contributed by atoms with Crippen molar-refractivity contribution in [3.05, 3.63) is 32.5 Å². The number of thioether (sulfide) groups is 1. The van der Waals surface area contributed by atoms with Crippen LogP contribution in [0.3, 0.4) is 0 Å². The lowest BCUT2D eigenvalue weighted by atomic mass is 10.2. The maximum absolute atomic E-state index is 13.2. The van der Waals surface area contributed by atoms with Crippen LogP contribution < -0.4 is 5.32 Å². The molecule has 0 saturated carbocycles. The van der Waals surface area contributed by atoms with Gasteiger partial charge >= 0.3 is 0 Å². The molecule has 0 aliphatic rings. The van der Waals surface area contributed by atoms with Crippen molar-refractivity contribution in [2.75, 3.05) is 6.26 Å². The van der Waals surface area contributed by atoms with Gasteiger partial charge in [-0.05, 0) is 28.3 Å². The van der Waals surface area contributed by atoms with Crippen LogP contribution in [0.5, 0.6) is 0 Å². The van der Waals surface area contributed by atoms with E-state index in [-0.39, 0.29) is 15.3 Å². The molecule has 1 rings (SSSR count). The molecular weight excluding hydrogens is 327 g/mol. The average Bonchev–Trinajstić information content (AvgIpc) is 2.32. The molecule has 6 nitrogen and oxygen atoms in total. The summed E-state index contributed by atoms with van der Waals surface area (Å²) in [6.45, 7) is 0. The summed E-state index contributed by atoms with van der Waals surface area (Å²) in [5, 5.41) is 21.7. The molecule has 1 N–H and O–H groups in total. The smallest absolute Gasteiger partial charge is 0.271 e. The first kappa shape index (κ1) is 14.4. The summed E-state index contributed by atoms with van der Waals surface area (Å²) in [6.07, 6.45) is 3.30. The number of benzene rings is 1. The van der Waals surface area contributed by atoms with Gasteiger partial charge < -0.3 is 0 Å². The summed E-state index contributed by atoms with van der Waals surface area (Å²) in [4.78, 5) is 13.9. The Morgan fingerprint density at radius 1 is 1.72 bits per heavy atom. The van der Waals surface area contributed by atoms with Gasteiger partial charge in [0.2, 0.25) is 0 Å². The maximum Gasteiger partial charge on any atom is 0.297 e. The molecule has 0 bridgehead atoms. The summed E-state index contributed by atoms with van der Waals surface area (Å²) >= 11 is 4.03. The Hall–Kier alpha value is -1.66. The number of nitro benzene ring substituents is 1. The number of hydrogen-bond acceptors (Lipinski definition) is 5. The predicted octanol–water partition coefficient (Wildman–Crippen LogP) is 2.92. The van der Waals surface area contributed by atoms with E-state index in [1.807, 2.05) is 0 Å². The van der Waals surface area contributed by atoms with Gasteiger partial charge in [-0.1, -0.05) is 11.8 Å². The summed E-state index contributed by atoms with van der Waals surface area (Å²) in [7, 11) is 0. The monoisotopic (exact) mass is 332 g/mol. The van der Waals surface area contributed by atoms with Gasteiger partial charge in [0.05, 0.1) is 15.5 Å². The molecule has 0 radical (unpaired) electrons. The van der Waals surface area contributed by atoms with Crippen molar-refractivity contribution in [1.29, 1.82) is 5.26 Å². The molecule has 0 atom stereocenters.